The number of aryl methyl sites for hydroxylation is 1. The highest BCUT2D eigenvalue weighted by Gasteiger charge is 2.27. The number of halogens is 1. The molecule has 6 nitrogen and oxygen atoms in total. The first-order valence-corrected chi connectivity index (χ1v) is 9.19. The number of benzene rings is 1. The van der Waals surface area contributed by atoms with Crippen LogP contribution in [0.3, 0.4) is 0 Å². The average molecular weight is 374 g/mol. The molecule has 0 bridgehead atoms. The van der Waals surface area contributed by atoms with Crippen molar-refractivity contribution < 1.29 is 4.79 Å². The normalized spacial score (nSPS) is 13.8. The van der Waals surface area contributed by atoms with Gasteiger partial charge in [0.05, 0.1) is 12.1 Å². The van der Waals surface area contributed by atoms with E-state index in [2.05, 4.69) is 19.7 Å². The van der Waals surface area contributed by atoms with E-state index in [1.807, 2.05) is 25.4 Å². The van der Waals surface area contributed by atoms with Gasteiger partial charge in [0.2, 0.25) is 0 Å². The molecule has 0 fully saturated rings. The summed E-state index contributed by atoms with van der Waals surface area (Å²) in [5.41, 5.74) is 4.12. The van der Waals surface area contributed by atoms with Crippen molar-refractivity contribution in [3.05, 3.63) is 50.6 Å². The molecule has 1 amide bonds. The Labute approximate surface area is 154 Å². The molecule has 25 heavy (non-hydrogen) atoms. The number of aromatic nitrogens is 4. The Morgan fingerprint density at radius 2 is 2.08 bits per heavy atom. The quantitative estimate of drug-likeness (QED) is 0.691. The molecule has 0 atom stereocenters. The zero-order valence-electron chi connectivity index (χ0n) is 13.9. The fourth-order valence-corrected chi connectivity index (χ4v) is 3.78. The third-order valence-corrected chi connectivity index (χ3v) is 5.66. The highest BCUT2D eigenvalue weighted by molar-refractivity contribution is 7.10. The molecular formula is C17H16ClN5OS. The first-order chi connectivity index (χ1) is 12.1. The molecule has 0 unspecified atom stereocenters. The van der Waals surface area contributed by atoms with Gasteiger partial charge < -0.3 is 9.47 Å². The summed E-state index contributed by atoms with van der Waals surface area (Å²) in [6, 6.07) is 5.41. The van der Waals surface area contributed by atoms with E-state index in [0.717, 1.165) is 27.8 Å². The summed E-state index contributed by atoms with van der Waals surface area (Å²) in [7, 11) is 0. The van der Waals surface area contributed by atoms with Crippen LogP contribution in [0.25, 0.3) is 11.5 Å². The molecule has 1 aromatic carbocycles. The van der Waals surface area contributed by atoms with Crippen LogP contribution in [0.2, 0.25) is 5.02 Å². The number of hydrogen-bond donors (Lipinski definition) is 0. The lowest BCUT2D eigenvalue weighted by Gasteiger charge is -2.28. The summed E-state index contributed by atoms with van der Waals surface area (Å²) in [6.07, 6.45) is 0. The maximum Gasteiger partial charge on any atom is 0.254 e. The molecule has 0 saturated heterocycles. The van der Waals surface area contributed by atoms with Crippen LogP contribution in [-0.2, 0) is 13.1 Å². The first-order valence-electron chi connectivity index (χ1n) is 7.93. The number of amides is 1. The number of nitrogens with zero attached hydrogens (tertiary/aromatic N) is 5. The molecule has 0 aliphatic carbocycles. The van der Waals surface area contributed by atoms with Crippen LogP contribution in [-0.4, -0.2) is 37.1 Å². The Morgan fingerprint density at radius 3 is 2.84 bits per heavy atom. The summed E-state index contributed by atoms with van der Waals surface area (Å²) >= 11 is 7.74. The predicted octanol–water partition coefficient (Wildman–Crippen LogP) is 3.33. The zero-order valence-corrected chi connectivity index (χ0v) is 15.4. The highest BCUT2D eigenvalue weighted by Crippen LogP contribution is 2.27. The van der Waals surface area contributed by atoms with Crippen LogP contribution >= 0.6 is 22.9 Å². The second-order valence-electron chi connectivity index (χ2n) is 5.99. The standard InChI is InChI=1S/C17H16ClN5OS/c1-10-12(4-3-5-13(10)18)17(24)22-6-7-23-14(8-22)20-21-16(23)15-11(2)25-9-19-15/h3-5,9H,6-8H2,1-2H3. The van der Waals surface area contributed by atoms with Crippen molar-refractivity contribution in [3.63, 3.8) is 0 Å². The van der Waals surface area contributed by atoms with Gasteiger partial charge in [-0.05, 0) is 31.5 Å². The van der Waals surface area contributed by atoms with Crippen molar-refractivity contribution in [3.8, 4) is 11.5 Å². The third kappa shape index (κ3) is 2.73. The van der Waals surface area contributed by atoms with Gasteiger partial charge in [0.1, 0.15) is 5.69 Å². The molecule has 8 heteroatoms. The van der Waals surface area contributed by atoms with Gasteiger partial charge in [0.15, 0.2) is 11.6 Å². The molecule has 3 aromatic rings. The summed E-state index contributed by atoms with van der Waals surface area (Å²) in [4.78, 5) is 20.2. The fourth-order valence-electron chi connectivity index (χ4n) is 3.04. The summed E-state index contributed by atoms with van der Waals surface area (Å²) in [6.45, 7) is 5.58. The Balaban J connectivity index is 1.62. The number of carbonyl (C=O) groups is 1. The molecular weight excluding hydrogens is 358 g/mol. The fraction of sp³-hybridized carbons (Fsp3) is 0.294. The van der Waals surface area contributed by atoms with Gasteiger partial charge in [-0.3, -0.25) is 4.79 Å². The minimum absolute atomic E-state index is 0.0272. The number of hydrogen-bond acceptors (Lipinski definition) is 5. The molecule has 3 heterocycles. The lowest BCUT2D eigenvalue weighted by molar-refractivity contribution is 0.0707. The van der Waals surface area contributed by atoms with Crippen molar-refractivity contribution in [1.82, 2.24) is 24.6 Å². The van der Waals surface area contributed by atoms with Crippen LogP contribution in [0.4, 0.5) is 0 Å². The van der Waals surface area contributed by atoms with E-state index in [-0.39, 0.29) is 5.91 Å². The summed E-state index contributed by atoms with van der Waals surface area (Å²) in [5, 5.41) is 9.18. The van der Waals surface area contributed by atoms with Gasteiger partial charge in [-0.15, -0.1) is 21.5 Å². The van der Waals surface area contributed by atoms with E-state index >= 15 is 0 Å². The lowest BCUT2D eigenvalue weighted by Crippen LogP contribution is -2.38. The highest BCUT2D eigenvalue weighted by atomic mass is 35.5. The average Bonchev–Trinajstić information content (AvgIpc) is 3.21. The van der Waals surface area contributed by atoms with E-state index < -0.39 is 0 Å². The Bertz CT molecular complexity index is 964. The molecule has 1 aliphatic rings. The molecule has 128 valence electrons. The van der Waals surface area contributed by atoms with E-state index in [1.54, 1.807) is 28.4 Å². The van der Waals surface area contributed by atoms with Crippen molar-refractivity contribution in [2.45, 2.75) is 26.9 Å². The molecule has 2 aromatic heterocycles. The first kappa shape index (κ1) is 16.2. The minimum Gasteiger partial charge on any atom is -0.329 e. The van der Waals surface area contributed by atoms with Gasteiger partial charge >= 0.3 is 0 Å². The topological polar surface area (TPSA) is 63.9 Å². The molecule has 0 spiro atoms. The van der Waals surface area contributed by atoms with Gasteiger partial charge in [-0.1, -0.05) is 17.7 Å². The number of carbonyl (C=O) groups excluding carboxylic acids is 1. The van der Waals surface area contributed by atoms with Crippen LogP contribution in [0.15, 0.2) is 23.7 Å². The zero-order chi connectivity index (χ0) is 17.6. The van der Waals surface area contributed by atoms with Gasteiger partial charge in [-0.25, -0.2) is 4.98 Å². The van der Waals surface area contributed by atoms with Crippen molar-refractivity contribution in [2.24, 2.45) is 0 Å². The number of thiazole rings is 1. The Kier molecular flexibility index (Phi) is 4.05. The van der Waals surface area contributed by atoms with E-state index in [0.29, 0.717) is 30.2 Å². The molecule has 0 radical (unpaired) electrons. The summed E-state index contributed by atoms with van der Waals surface area (Å²) in [5.74, 6) is 1.53. The van der Waals surface area contributed by atoms with E-state index in [1.165, 1.54) is 0 Å². The van der Waals surface area contributed by atoms with Gasteiger partial charge in [0, 0.05) is 28.6 Å². The number of rotatable bonds is 2. The van der Waals surface area contributed by atoms with E-state index in [9.17, 15) is 4.79 Å². The van der Waals surface area contributed by atoms with E-state index in [4.69, 9.17) is 11.6 Å². The van der Waals surface area contributed by atoms with Crippen molar-refractivity contribution in [1.29, 1.82) is 0 Å². The monoisotopic (exact) mass is 373 g/mol. The third-order valence-electron chi connectivity index (χ3n) is 4.50. The molecule has 1 aliphatic heterocycles. The smallest absolute Gasteiger partial charge is 0.254 e. The second-order valence-corrected chi connectivity index (χ2v) is 7.45. The van der Waals surface area contributed by atoms with Gasteiger partial charge in [-0.2, -0.15) is 0 Å². The Morgan fingerprint density at radius 1 is 1.24 bits per heavy atom. The van der Waals surface area contributed by atoms with Crippen LogP contribution in [0.1, 0.15) is 26.6 Å². The molecule has 0 N–H and O–H groups in total. The van der Waals surface area contributed by atoms with Crippen LogP contribution < -0.4 is 0 Å². The SMILES string of the molecule is Cc1scnc1-c1nnc2n1CCN(C(=O)c1cccc(Cl)c1C)C2. The largest absolute Gasteiger partial charge is 0.329 e. The number of fused-ring (bicyclic) bond motifs is 1. The van der Waals surface area contributed by atoms with Gasteiger partial charge in [0.25, 0.3) is 5.91 Å². The maximum absolute atomic E-state index is 12.9. The summed E-state index contributed by atoms with van der Waals surface area (Å²) < 4.78 is 2.05. The van der Waals surface area contributed by atoms with Crippen molar-refractivity contribution in [2.75, 3.05) is 6.54 Å². The minimum atomic E-state index is -0.0272. The lowest BCUT2D eigenvalue weighted by atomic mass is 10.1. The van der Waals surface area contributed by atoms with Crippen LogP contribution in [0.5, 0.6) is 0 Å². The molecule has 0 saturated carbocycles. The Hall–Kier alpha value is -2.25. The predicted molar refractivity (Wildman–Crippen MR) is 96.8 cm³/mol. The van der Waals surface area contributed by atoms with Crippen molar-refractivity contribution >= 4 is 28.8 Å². The maximum atomic E-state index is 12.9. The second kappa shape index (κ2) is 6.24. The molecule has 4 rings (SSSR count). The van der Waals surface area contributed by atoms with Crippen LogP contribution in [0, 0.1) is 13.8 Å².